The fraction of sp³-hybridized carbons (Fsp3) is 0.375. The van der Waals surface area contributed by atoms with Crippen LogP contribution in [-0.2, 0) is 8.26 Å². The summed E-state index contributed by atoms with van der Waals surface area (Å²) in [7, 11) is 1.38. The van der Waals surface area contributed by atoms with Crippen molar-refractivity contribution in [2.75, 3.05) is 9.80 Å². The van der Waals surface area contributed by atoms with E-state index in [9.17, 15) is 0 Å². The van der Waals surface area contributed by atoms with Crippen LogP contribution in [0.3, 0.4) is 0 Å². The van der Waals surface area contributed by atoms with Crippen LogP contribution in [0.1, 0.15) is 101 Å². The van der Waals surface area contributed by atoms with Gasteiger partial charge in [-0.3, -0.25) is 4.98 Å². The Morgan fingerprint density at radius 3 is 1.11 bits per heavy atom. The van der Waals surface area contributed by atoms with Crippen LogP contribution >= 0.6 is 40.8 Å². The van der Waals surface area contributed by atoms with E-state index in [0.717, 1.165) is 0 Å². The maximum absolute atomic E-state index is 3.78. The molecule has 0 amide bonds. The summed E-state index contributed by atoms with van der Waals surface area (Å²) in [4.78, 5) is 8.19. The number of halogens is 2. The molecule has 0 fully saturated rings. The first-order chi connectivity index (χ1) is 18.1. The van der Waals surface area contributed by atoms with Crippen LogP contribution < -0.4 is 9.80 Å². The monoisotopic (exact) mass is 780 g/mol. The number of pyridine rings is 1. The maximum Gasteiger partial charge on any atom is 0.0267 e. The van der Waals surface area contributed by atoms with E-state index < -0.39 is 0 Å². The number of anilines is 2. The third-order valence-corrected chi connectivity index (χ3v) is 6.31. The molecule has 1 aliphatic heterocycles. The molecule has 0 saturated carbocycles. The molecule has 0 N–H and O–H groups in total. The van der Waals surface area contributed by atoms with E-state index in [1.807, 2.05) is 18.2 Å². The number of hydrogen-bond donors (Lipinski definition) is 0. The van der Waals surface area contributed by atoms with Crippen molar-refractivity contribution in [2.45, 2.75) is 79.1 Å². The molecule has 0 atom stereocenters. The summed E-state index contributed by atoms with van der Waals surface area (Å²) in [6.45, 7) is 21.8. The first-order valence-corrected chi connectivity index (χ1v) is 19.8. The van der Waals surface area contributed by atoms with Gasteiger partial charge < -0.3 is 9.80 Å². The van der Waals surface area contributed by atoms with Crippen LogP contribution in [0.4, 0.5) is 11.4 Å². The molecule has 0 unspecified atom stereocenters. The summed E-state index contributed by atoms with van der Waals surface area (Å²) in [5.74, 6) is 1.84. The number of aromatic nitrogens is 1. The second-order valence-corrected chi connectivity index (χ2v) is 19.2. The van der Waals surface area contributed by atoms with Crippen LogP contribution in [0.5, 0.6) is 0 Å². The van der Waals surface area contributed by atoms with Crippen LogP contribution in [-0.4, -0.2) is 4.98 Å². The van der Waals surface area contributed by atoms with E-state index in [0.29, 0.717) is 23.7 Å². The molecule has 1 aliphatic rings. The third kappa shape index (κ3) is 9.23. The Morgan fingerprint density at radius 1 is 0.579 bits per heavy atom. The Labute approximate surface area is 260 Å². The normalized spacial score (nSPS) is 12.8. The predicted octanol–water partition coefficient (Wildman–Crippen LogP) is 10.8. The fourth-order valence-corrected chi connectivity index (χ4v) is 4.46. The Bertz CT molecular complexity index is 980. The van der Waals surface area contributed by atoms with Gasteiger partial charge in [-0.05, 0) is 58.1 Å². The van der Waals surface area contributed by atoms with Crippen molar-refractivity contribution in [1.82, 2.24) is 4.98 Å². The van der Waals surface area contributed by atoms with Crippen molar-refractivity contribution in [2.24, 2.45) is 0 Å². The van der Waals surface area contributed by atoms with Crippen LogP contribution in [0, 0.1) is 6.67 Å². The summed E-state index contributed by atoms with van der Waals surface area (Å²) in [5, 5.41) is 0. The van der Waals surface area contributed by atoms with Crippen molar-refractivity contribution in [1.29, 1.82) is 0 Å². The van der Waals surface area contributed by atoms with Gasteiger partial charge in [-0.15, -0.1) is 0 Å². The molecule has 4 rings (SSSR count). The van der Waals surface area contributed by atoms with Crippen LogP contribution in [0.2, 0.25) is 0 Å². The van der Waals surface area contributed by atoms with Gasteiger partial charge in [0.05, 0.1) is 11.4 Å². The number of benzene rings is 2. The van der Waals surface area contributed by atoms with Gasteiger partial charge in [0.15, 0.2) is 0 Å². The summed E-state index contributed by atoms with van der Waals surface area (Å²) < 4.78 is 0. The minimum atomic E-state index is 0.460. The van der Waals surface area contributed by atoms with E-state index in [1.165, 1.54) is 41.9 Å². The number of para-hydroxylation sites is 2. The zero-order valence-electron chi connectivity index (χ0n) is 23.7. The minimum Gasteiger partial charge on any atom is -0.265 e. The molecule has 2 heterocycles. The Morgan fingerprint density at radius 2 is 0.895 bits per heavy atom. The standard InChI is InChI=1S/C27H36N2.C5H5N.Co.2HI/c1-18(2)22-11-9-12-23(19(3)4)26(22)28-15-16-29(17-28)27-24(20(5)6)13-10-14-25(27)21(7)8;1-2-4-6-5-3-1;;;/h9-16,18-21H,1-8H3;1-5H;;2*1H/q;;+2;;/p-2. The molecule has 0 bridgehead atoms. The molecule has 38 heavy (non-hydrogen) atoms. The zero-order valence-corrected chi connectivity index (χ0v) is 29.1. The van der Waals surface area contributed by atoms with E-state index in [4.69, 9.17) is 0 Å². The SMILES string of the molecule is CC(C)c1cccc(C(C)C)c1N1[C]N(c2c(C(C)C)cccc2C(C)C)C=C1.[I][Co][I].c1ccncc1. The van der Waals surface area contributed by atoms with E-state index in [-0.39, 0.29) is 0 Å². The Hall–Kier alpha value is -1.10. The van der Waals surface area contributed by atoms with Gasteiger partial charge in [-0.1, -0.05) is 97.9 Å². The average molecular weight is 780 g/mol. The van der Waals surface area contributed by atoms with Gasteiger partial charge >= 0.3 is 49.1 Å². The summed E-state index contributed by atoms with van der Waals surface area (Å²) in [6.07, 6.45) is 7.82. The second-order valence-electron chi connectivity index (χ2n) is 10.4. The first kappa shape index (κ1) is 33.1. The topological polar surface area (TPSA) is 19.4 Å². The predicted molar refractivity (Wildman–Crippen MR) is 179 cm³/mol. The molecule has 2 radical (unpaired) electrons. The molecule has 0 spiro atoms. The van der Waals surface area contributed by atoms with E-state index in [2.05, 4.69) is 166 Å². The average Bonchev–Trinajstić information content (AvgIpc) is 3.39. The van der Waals surface area contributed by atoms with Gasteiger partial charge in [0.1, 0.15) is 0 Å². The third-order valence-electron chi connectivity index (χ3n) is 6.31. The minimum absolute atomic E-state index is 0.460. The zero-order chi connectivity index (χ0) is 28.2. The van der Waals surface area contributed by atoms with Gasteiger partial charge in [-0.2, -0.15) is 0 Å². The fourth-order valence-electron chi connectivity index (χ4n) is 4.46. The second kappa shape index (κ2) is 16.9. The molecule has 207 valence electrons. The van der Waals surface area contributed by atoms with Crippen molar-refractivity contribution in [3.8, 4) is 0 Å². The van der Waals surface area contributed by atoms with Crippen LogP contribution in [0.25, 0.3) is 0 Å². The molecule has 0 saturated heterocycles. The maximum atomic E-state index is 3.78. The quantitative estimate of drug-likeness (QED) is 0.232. The summed E-state index contributed by atoms with van der Waals surface area (Å²) in [5.41, 5.74) is 8.05. The molecule has 3 nitrogen and oxygen atoms in total. The van der Waals surface area contributed by atoms with Crippen molar-refractivity contribution < 1.29 is 8.26 Å². The molecular formula is C32H41CoI2N3. The molecular weight excluding hydrogens is 739 g/mol. The van der Waals surface area contributed by atoms with Crippen LogP contribution in [0.15, 0.2) is 79.4 Å². The molecule has 3 aromatic rings. The molecule has 0 aliphatic carbocycles. The van der Waals surface area contributed by atoms with Gasteiger partial charge in [0.25, 0.3) is 0 Å². The molecule has 1 aromatic heterocycles. The van der Waals surface area contributed by atoms with Crippen molar-refractivity contribution >= 4 is 52.2 Å². The number of hydrogen-bond acceptors (Lipinski definition) is 3. The smallest absolute Gasteiger partial charge is 0.0267 e. The van der Waals surface area contributed by atoms with Gasteiger partial charge in [0, 0.05) is 24.8 Å². The van der Waals surface area contributed by atoms with Gasteiger partial charge in [-0.25, -0.2) is 0 Å². The first-order valence-electron chi connectivity index (χ1n) is 13.1. The van der Waals surface area contributed by atoms with E-state index in [1.54, 1.807) is 12.4 Å². The summed E-state index contributed by atoms with van der Waals surface area (Å²) in [6, 6.07) is 19.1. The van der Waals surface area contributed by atoms with Gasteiger partial charge in [0.2, 0.25) is 6.67 Å². The Kier molecular flexibility index (Phi) is 14.7. The Balaban J connectivity index is 0.000000480. The molecule has 2 aromatic carbocycles. The van der Waals surface area contributed by atoms with Crippen molar-refractivity contribution in [3.63, 3.8) is 0 Å². The van der Waals surface area contributed by atoms with Crippen molar-refractivity contribution in [3.05, 3.63) is 108 Å². The number of nitrogens with zero attached hydrogens (tertiary/aromatic N) is 3. The molecule has 6 heteroatoms. The number of rotatable bonds is 6. The van der Waals surface area contributed by atoms with E-state index >= 15 is 0 Å². The summed E-state index contributed by atoms with van der Waals surface area (Å²) >= 11 is 4.49. The largest absolute Gasteiger partial charge is 0.265 e.